The van der Waals surface area contributed by atoms with Gasteiger partial charge in [-0.2, -0.15) is 0 Å². The largest absolute Gasteiger partial charge is 0.453 e. The Balaban J connectivity index is 1.71. The van der Waals surface area contributed by atoms with Crippen LogP contribution in [-0.4, -0.2) is 4.98 Å². The van der Waals surface area contributed by atoms with E-state index in [0.29, 0.717) is 0 Å². The average molecular weight is 333 g/mol. The highest BCUT2D eigenvalue weighted by Gasteiger charge is 2.15. The molecule has 26 heavy (non-hydrogen) atoms. The minimum atomic E-state index is 0.934. The van der Waals surface area contributed by atoms with Gasteiger partial charge < -0.3 is 9.40 Å². The number of fused-ring (bicyclic) bond motifs is 7. The Morgan fingerprint density at radius 3 is 2.35 bits per heavy atom. The molecule has 4 aromatic carbocycles. The van der Waals surface area contributed by atoms with E-state index in [0.717, 1.165) is 38.4 Å². The molecule has 0 amide bonds. The smallest absolute Gasteiger partial charge is 0.161 e. The summed E-state index contributed by atoms with van der Waals surface area (Å²) >= 11 is 0. The van der Waals surface area contributed by atoms with E-state index in [1.807, 2.05) is 6.07 Å². The fourth-order valence-electron chi connectivity index (χ4n) is 3.92. The van der Waals surface area contributed by atoms with Crippen LogP contribution in [0, 0.1) is 0 Å². The number of hydrogen-bond donors (Lipinski definition) is 1. The Hall–Kier alpha value is -3.52. The van der Waals surface area contributed by atoms with Gasteiger partial charge in [0.1, 0.15) is 5.58 Å². The first-order valence-corrected chi connectivity index (χ1v) is 8.79. The number of H-pyrrole nitrogens is 1. The molecule has 0 fully saturated rings. The van der Waals surface area contributed by atoms with E-state index < -0.39 is 0 Å². The van der Waals surface area contributed by atoms with E-state index in [9.17, 15) is 0 Å². The number of furan rings is 1. The maximum absolute atomic E-state index is 6.38. The first kappa shape index (κ1) is 13.7. The molecule has 2 heteroatoms. The summed E-state index contributed by atoms with van der Waals surface area (Å²) in [5.41, 5.74) is 6.48. The number of benzene rings is 4. The summed E-state index contributed by atoms with van der Waals surface area (Å²) in [5.74, 6) is 0. The van der Waals surface area contributed by atoms with Gasteiger partial charge in [-0.15, -0.1) is 0 Å². The molecule has 0 aliphatic carbocycles. The molecule has 122 valence electrons. The van der Waals surface area contributed by atoms with Gasteiger partial charge in [-0.05, 0) is 34.7 Å². The molecule has 0 saturated carbocycles. The van der Waals surface area contributed by atoms with E-state index >= 15 is 0 Å². The average Bonchev–Trinajstić information content (AvgIpc) is 3.24. The van der Waals surface area contributed by atoms with Gasteiger partial charge in [0.05, 0.1) is 5.52 Å². The van der Waals surface area contributed by atoms with Crippen molar-refractivity contribution >= 4 is 43.7 Å². The quantitative estimate of drug-likeness (QED) is 0.349. The lowest BCUT2D eigenvalue weighted by Gasteiger charge is -2.01. The minimum absolute atomic E-state index is 0.934. The molecule has 6 rings (SSSR count). The summed E-state index contributed by atoms with van der Waals surface area (Å²) in [6.07, 6.45) is 0. The minimum Gasteiger partial charge on any atom is -0.453 e. The lowest BCUT2D eigenvalue weighted by atomic mass is 10.0. The normalized spacial score (nSPS) is 11.8. The van der Waals surface area contributed by atoms with E-state index in [1.54, 1.807) is 0 Å². The van der Waals surface area contributed by atoms with Gasteiger partial charge >= 0.3 is 0 Å². The summed E-state index contributed by atoms with van der Waals surface area (Å²) in [7, 11) is 0. The molecule has 0 bridgehead atoms. The van der Waals surface area contributed by atoms with Crippen LogP contribution < -0.4 is 0 Å². The van der Waals surface area contributed by atoms with Crippen molar-refractivity contribution in [3.8, 4) is 11.1 Å². The lowest BCUT2D eigenvalue weighted by Crippen LogP contribution is -1.77. The fourth-order valence-corrected chi connectivity index (χ4v) is 3.92. The van der Waals surface area contributed by atoms with E-state index in [1.165, 1.54) is 16.5 Å². The first-order valence-electron chi connectivity index (χ1n) is 8.79. The highest BCUT2D eigenvalue weighted by atomic mass is 16.3. The second-order valence-electron chi connectivity index (χ2n) is 6.72. The highest BCUT2D eigenvalue weighted by Crippen LogP contribution is 2.38. The van der Waals surface area contributed by atoms with Crippen LogP contribution in [0.25, 0.3) is 54.9 Å². The number of hydrogen-bond acceptors (Lipinski definition) is 1. The summed E-state index contributed by atoms with van der Waals surface area (Å²) in [4.78, 5) is 3.55. The molecular weight excluding hydrogens is 318 g/mol. The Kier molecular flexibility index (Phi) is 2.64. The molecule has 6 aromatic rings. The van der Waals surface area contributed by atoms with Crippen LogP contribution >= 0.6 is 0 Å². The lowest BCUT2D eigenvalue weighted by molar-refractivity contribution is 0.677. The van der Waals surface area contributed by atoms with Crippen LogP contribution in [-0.2, 0) is 0 Å². The number of rotatable bonds is 1. The van der Waals surface area contributed by atoms with Crippen LogP contribution in [0.3, 0.4) is 0 Å². The van der Waals surface area contributed by atoms with Crippen LogP contribution in [0.15, 0.2) is 89.3 Å². The van der Waals surface area contributed by atoms with Crippen molar-refractivity contribution in [3.63, 3.8) is 0 Å². The SMILES string of the molecule is c1ccc(-c2ccc3[nH]c4c5ccc6ccccc6c5oc4c3c2)cc1. The number of nitrogens with one attached hydrogen (secondary N) is 1. The van der Waals surface area contributed by atoms with Crippen LogP contribution in [0.1, 0.15) is 0 Å². The second kappa shape index (κ2) is 4.99. The van der Waals surface area contributed by atoms with Crippen molar-refractivity contribution in [2.45, 2.75) is 0 Å². The Bertz CT molecular complexity index is 1420. The maximum Gasteiger partial charge on any atom is 0.161 e. The van der Waals surface area contributed by atoms with Gasteiger partial charge in [-0.3, -0.25) is 0 Å². The van der Waals surface area contributed by atoms with E-state index in [-0.39, 0.29) is 0 Å². The van der Waals surface area contributed by atoms with Gasteiger partial charge in [-0.1, -0.05) is 66.7 Å². The molecule has 0 aliphatic heterocycles. The zero-order valence-corrected chi connectivity index (χ0v) is 14.0. The number of aromatic amines is 1. The van der Waals surface area contributed by atoms with Gasteiger partial charge in [-0.25, -0.2) is 0 Å². The Morgan fingerprint density at radius 1 is 0.577 bits per heavy atom. The van der Waals surface area contributed by atoms with Gasteiger partial charge in [0.15, 0.2) is 5.58 Å². The molecule has 1 N–H and O–H groups in total. The van der Waals surface area contributed by atoms with Crippen LogP contribution in [0.2, 0.25) is 0 Å². The van der Waals surface area contributed by atoms with Gasteiger partial charge in [0, 0.05) is 21.7 Å². The summed E-state index contributed by atoms with van der Waals surface area (Å²) < 4.78 is 6.38. The zero-order valence-electron chi connectivity index (χ0n) is 14.0. The van der Waals surface area contributed by atoms with Crippen molar-refractivity contribution < 1.29 is 4.42 Å². The second-order valence-corrected chi connectivity index (χ2v) is 6.72. The van der Waals surface area contributed by atoms with Crippen molar-refractivity contribution in [3.05, 3.63) is 84.9 Å². The van der Waals surface area contributed by atoms with Crippen molar-refractivity contribution in [2.75, 3.05) is 0 Å². The van der Waals surface area contributed by atoms with Crippen molar-refractivity contribution in [1.82, 2.24) is 4.98 Å². The Labute approximate surface area is 149 Å². The highest BCUT2D eigenvalue weighted by molar-refractivity contribution is 6.20. The molecule has 2 aromatic heterocycles. The molecule has 2 nitrogen and oxygen atoms in total. The predicted octanol–water partition coefficient (Wildman–Crippen LogP) is 6.89. The van der Waals surface area contributed by atoms with Gasteiger partial charge in [0.2, 0.25) is 0 Å². The predicted molar refractivity (Wildman–Crippen MR) is 109 cm³/mol. The summed E-state index contributed by atoms with van der Waals surface area (Å²) in [6.45, 7) is 0. The number of aromatic nitrogens is 1. The molecule has 0 radical (unpaired) electrons. The van der Waals surface area contributed by atoms with Crippen molar-refractivity contribution in [1.29, 1.82) is 0 Å². The molecule has 2 heterocycles. The molecule has 0 unspecified atom stereocenters. The monoisotopic (exact) mass is 333 g/mol. The first-order chi connectivity index (χ1) is 12.9. The summed E-state index contributed by atoms with van der Waals surface area (Å²) in [5, 5.41) is 4.62. The summed E-state index contributed by atoms with van der Waals surface area (Å²) in [6, 6.07) is 29.6. The standard InChI is InChI=1S/C24H15NO/c1-2-6-15(7-3-1)17-11-13-21-20(14-17)24-22(25-21)19-12-10-16-8-4-5-9-18(16)23(19)26-24/h1-14,25H. The third-order valence-corrected chi connectivity index (χ3v) is 5.21. The van der Waals surface area contributed by atoms with Crippen LogP contribution in [0.5, 0.6) is 0 Å². The molecule has 0 spiro atoms. The van der Waals surface area contributed by atoms with Crippen LogP contribution in [0.4, 0.5) is 0 Å². The van der Waals surface area contributed by atoms with E-state index in [2.05, 4.69) is 83.8 Å². The van der Waals surface area contributed by atoms with Gasteiger partial charge in [0.25, 0.3) is 0 Å². The Morgan fingerprint density at radius 2 is 1.42 bits per heavy atom. The van der Waals surface area contributed by atoms with Crippen molar-refractivity contribution in [2.24, 2.45) is 0 Å². The fraction of sp³-hybridized carbons (Fsp3) is 0. The zero-order chi connectivity index (χ0) is 17.1. The topological polar surface area (TPSA) is 28.9 Å². The molecule has 0 atom stereocenters. The molecule has 0 aliphatic rings. The maximum atomic E-state index is 6.38. The third-order valence-electron chi connectivity index (χ3n) is 5.21. The third kappa shape index (κ3) is 1.81. The molecular formula is C24H15NO. The van der Waals surface area contributed by atoms with E-state index in [4.69, 9.17) is 4.42 Å². The molecule has 0 saturated heterocycles.